The van der Waals surface area contributed by atoms with E-state index in [1.165, 1.54) is 0 Å². The van der Waals surface area contributed by atoms with Crippen molar-refractivity contribution in [2.24, 2.45) is 0 Å². The molecular weight excluding hydrogens is 252 g/mol. The van der Waals surface area contributed by atoms with Gasteiger partial charge in [0.25, 0.3) is 0 Å². The van der Waals surface area contributed by atoms with Crippen LogP contribution in [0.2, 0.25) is 0 Å². The molecular formula is C16H20N2O2. The first-order valence-corrected chi connectivity index (χ1v) is 7.29. The Morgan fingerprint density at radius 1 is 1.35 bits per heavy atom. The fraction of sp³-hybridized carbons (Fsp3) is 0.438. The lowest BCUT2D eigenvalue weighted by atomic mass is 10.1. The molecule has 1 saturated heterocycles. The average molecular weight is 272 g/mol. The van der Waals surface area contributed by atoms with Crippen LogP contribution in [0.25, 0.3) is 10.9 Å². The van der Waals surface area contributed by atoms with Gasteiger partial charge in [-0.25, -0.2) is 4.79 Å². The van der Waals surface area contributed by atoms with Crippen molar-refractivity contribution in [3.8, 4) is 0 Å². The summed E-state index contributed by atoms with van der Waals surface area (Å²) in [5.74, 6) is -0.220. The van der Waals surface area contributed by atoms with Gasteiger partial charge >= 0.3 is 5.97 Å². The number of benzene rings is 1. The Labute approximate surface area is 118 Å². The molecule has 1 aliphatic rings. The van der Waals surface area contributed by atoms with E-state index in [-0.39, 0.29) is 5.97 Å². The zero-order valence-electron chi connectivity index (χ0n) is 11.8. The van der Waals surface area contributed by atoms with Gasteiger partial charge < -0.3 is 14.6 Å². The maximum atomic E-state index is 12.2. The minimum absolute atomic E-state index is 0.220. The molecule has 1 aromatic carbocycles. The molecule has 0 amide bonds. The summed E-state index contributed by atoms with van der Waals surface area (Å²) in [7, 11) is 0. The Kier molecular flexibility index (Phi) is 3.74. The number of aromatic nitrogens is 1. The lowest BCUT2D eigenvalue weighted by Crippen LogP contribution is -2.30. The van der Waals surface area contributed by atoms with E-state index in [0.29, 0.717) is 18.3 Å². The van der Waals surface area contributed by atoms with E-state index in [2.05, 4.69) is 22.0 Å². The van der Waals surface area contributed by atoms with Crippen LogP contribution in [0.1, 0.15) is 36.3 Å². The number of para-hydroxylation sites is 1. The minimum atomic E-state index is -0.220. The summed E-state index contributed by atoms with van der Waals surface area (Å²) in [6.45, 7) is 4.25. The zero-order chi connectivity index (χ0) is 13.9. The van der Waals surface area contributed by atoms with Crippen LogP contribution in [0.15, 0.2) is 30.3 Å². The van der Waals surface area contributed by atoms with Crippen molar-refractivity contribution >= 4 is 16.9 Å². The normalized spacial score (nSPS) is 16.4. The Morgan fingerprint density at radius 3 is 2.85 bits per heavy atom. The summed E-state index contributed by atoms with van der Waals surface area (Å²) < 4.78 is 7.39. The van der Waals surface area contributed by atoms with E-state index >= 15 is 0 Å². The first-order valence-electron chi connectivity index (χ1n) is 7.29. The van der Waals surface area contributed by atoms with Crippen LogP contribution in [0.4, 0.5) is 0 Å². The molecule has 1 aliphatic heterocycles. The Hall–Kier alpha value is -1.81. The Morgan fingerprint density at radius 2 is 2.10 bits per heavy atom. The van der Waals surface area contributed by atoms with E-state index in [9.17, 15) is 4.79 Å². The highest BCUT2D eigenvalue weighted by Crippen LogP contribution is 2.29. The summed E-state index contributed by atoms with van der Waals surface area (Å²) in [5.41, 5.74) is 1.81. The Bertz CT molecular complexity index is 612. The van der Waals surface area contributed by atoms with E-state index in [4.69, 9.17) is 4.74 Å². The number of carbonyl (C=O) groups is 1. The molecule has 0 unspecified atom stereocenters. The van der Waals surface area contributed by atoms with E-state index < -0.39 is 0 Å². The number of carbonyl (C=O) groups excluding carboxylic acids is 1. The fourth-order valence-corrected chi connectivity index (χ4v) is 3.00. The van der Waals surface area contributed by atoms with Crippen LogP contribution < -0.4 is 5.32 Å². The molecule has 4 heteroatoms. The number of esters is 1. The highest BCUT2D eigenvalue weighted by atomic mass is 16.5. The van der Waals surface area contributed by atoms with Crippen molar-refractivity contribution < 1.29 is 9.53 Å². The molecule has 2 aromatic rings. The second kappa shape index (κ2) is 5.67. The molecule has 20 heavy (non-hydrogen) atoms. The van der Waals surface area contributed by atoms with Crippen molar-refractivity contribution in [3.63, 3.8) is 0 Å². The average Bonchev–Trinajstić information content (AvgIpc) is 2.88. The van der Waals surface area contributed by atoms with Gasteiger partial charge in [0, 0.05) is 16.9 Å². The molecule has 0 saturated carbocycles. The molecule has 1 aromatic heterocycles. The van der Waals surface area contributed by atoms with Gasteiger partial charge in [0.1, 0.15) is 5.69 Å². The number of piperidine rings is 1. The summed E-state index contributed by atoms with van der Waals surface area (Å²) in [5, 5.41) is 4.47. The third-order valence-corrected chi connectivity index (χ3v) is 3.91. The first-order chi connectivity index (χ1) is 9.81. The van der Waals surface area contributed by atoms with E-state index in [1.807, 2.05) is 25.1 Å². The van der Waals surface area contributed by atoms with Crippen LogP contribution in [-0.4, -0.2) is 30.2 Å². The Balaban J connectivity index is 2.09. The number of ether oxygens (including phenoxy) is 1. The quantitative estimate of drug-likeness (QED) is 0.874. The molecule has 3 rings (SSSR count). The lowest BCUT2D eigenvalue weighted by Gasteiger charge is -2.26. The number of hydrogen-bond donors (Lipinski definition) is 1. The monoisotopic (exact) mass is 272 g/mol. The summed E-state index contributed by atoms with van der Waals surface area (Å²) in [6.07, 6.45) is 2.09. The fourth-order valence-electron chi connectivity index (χ4n) is 3.00. The van der Waals surface area contributed by atoms with Gasteiger partial charge in [-0.05, 0) is 45.0 Å². The maximum absolute atomic E-state index is 12.2. The molecule has 4 nitrogen and oxygen atoms in total. The molecule has 0 spiro atoms. The predicted molar refractivity (Wildman–Crippen MR) is 79.0 cm³/mol. The lowest BCUT2D eigenvalue weighted by molar-refractivity contribution is 0.0510. The smallest absolute Gasteiger partial charge is 0.354 e. The van der Waals surface area contributed by atoms with Crippen LogP contribution in [0.3, 0.4) is 0 Å². The van der Waals surface area contributed by atoms with E-state index in [1.54, 1.807) is 0 Å². The highest BCUT2D eigenvalue weighted by molar-refractivity contribution is 5.95. The molecule has 2 heterocycles. The third-order valence-electron chi connectivity index (χ3n) is 3.91. The van der Waals surface area contributed by atoms with Gasteiger partial charge in [-0.2, -0.15) is 0 Å². The van der Waals surface area contributed by atoms with Gasteiger partial charge in [-0.1, -0.05) is 18.2 Å². The summed E-state index contributed by atoms with van der Waals surface area (Å²) in [4.78, 5) is 12.2. The number of rotatable bonds is 3. The molecule has 0 aliphatic carbocycles. The molecule has 1 fully saturated rings. The summed E-state index contributed by atoms with van der Waals surface area (Å²) >= 11 is 0. The van der Waals surface area contributed by atoms with Crippen molar-refractivity contribution in [2.75, 3.05) is 19.7 Å². The highest BCUT2D eigenvalue weighted by Gasteiger charge is 2.23. The predicted octanol–water partition coefficient (Wildman–Crippen LogP) is 2.74. The van der Waals surface area contributed by atoms with Crippen LogP contribution in [0, 0.1) is 0 Å². The van der Waals surface area contributed by atoms with Gasteiger partial charge in [-0.3, -0.25) is 0 Å². The molecule has 1 N–H and O–H groups in total. The maximum Gasteiger partial charge on any atom is 0.354 e. The number of fused-ring (bicyclic) bond motifs is 1. The third kappa shape index (κ3) is 2.31. The van der Waals surface area contributed by atoms with Gasteiger partial charge in [0.15, 0.2) is 0 Å². The van der Waals surface area contributed by atoms with Gasteiger partial charge in [-0.15, -0.1) is 0 Å². The van der Waals surface area contributed by atoms with Crippen molar-refractivity contribution in [3.05, 3.63) is 36.0 Å². The zero-order valence-corrected chi connectivity index (χ0v) is 11.8. The van der Waals surface area contributed by atoms with Crippen LogP contribution in [0.5, 0.6) is 0 Å². The number of hydrogen-bond acceptors (Lipinski definition) is 3. The number of nitrogens with one attached hydrogen (secondary N) is 1. The topological polar surface area (TPSA) is 43.3 Å². The van der Waals surface area contributed by atoms with Gasteiger partial charge in [0.2, 0.25) is 0 Å². The first kappa shape index (κ1) is 13.2. The largest absolute Gasteiger partial charge is 0.461 e. The second-order valence-electron chi connectivity index (χ2n) is 5.16. The van der Waals surface area contributed by atoms with Crippen molar-refractivity contribution in [1.82, 2.24) is 9.88 Å². The van der Waals surface area contributed by atoms with Crippen molar-refractivity contribution in [2.45, 2.75) is 25.8 Å². The minimum Gasteiger partial charge on any atom is -0.461 e. The van der Waals surface area contributed by atoms with Gasteiger partial charge in [0.05, 0.1) is 6.61 Å². The molecule has 106 valence electrons. The van der Waals surface area contributed by atoms with E-state index in [0.717, 1.165) is 36.8 Å². The van der Waals surface area contributed by atoms with Crippen LogP contribution in [-0.2, 0) is 4.74 Å². The summed E-state index contributed by atoms with van der Waals surface area (Å²) in [6, 6.07) is 10.5. The standard InChI is InChI=1S/C16H20N2O2/c1-2-20-16(19)15-11-12-5-3-4-6-14(12)18(15)13-7-9-17-10-8-13/h3-6,11,13,17H,2,7-10H2,1H3. The molecule has 0 bridgehead atoms. The van der Waals surface area contributed by atoms with Crippen LogP contribution >= 0.6 is 0 Å². The number of nitrogens with zero attached hydrogens (tertiary/aromatic N) is 1. The van der Waals surface area contributed by atoms with Crippen molar-refractivity contribution in [1.29, 1.82) is 0 Å². The molecule has 0 atom stereocenters. The second-order valence-corrected chi connectivity index (χ2v) is 5.16. The molecule has 0 radical (unpaired) electrons. The SMILES string of the molecule is CCOC(=O)c1cc2ccccc2n1C1CCNCC1.